The zero-order chi connectivity index (χ0) is 63.0. The lowest BCUT2D eigenvalue weighted by atomic mass is 9.79. The van der Waals surface area contributed by atoms with Gasteiger partial charge in [-0.2, -0.15) is 0 Å². The molecular weight excluding hydrogens is 1100 g/mol. The van der Waals surface area contributed by atoms with Gasteiger partial charge in [-0.05, 0) is 79.5 Å². The number of ketones is 1. The monoisotopic (exact) mass is 1190 g/mol. The lowest BCUT2D eigenvalue weighted by Crippen LogP contribution is -2.65. The van der Waals surface area contributed by atoms with Gasteiger partial charge in [-0.25, -0.2) is 9.59 Å². The minimum absolute atomic E-state index is 0.0378. The van der Waals surface area contributed by atoms with E-state index in [1.54, 1.807) is 73.5 Å². The maximum absolute atomic E-state index is 14.2. The second-order valence-electron chi connectivity index (χ2n) is 23.0. The van der Waals surface area contributed by atoms with Crippen molar-refractivity contribution in [2.75, 3.05) is 34.9 Å². The molecular formula is C57H93NO25. The normalized spacial score (nSPS) is 37.5. The summed E-state index contributed by atoms with van der Waals surface area (Å²) >= 11 is 0. The number of hydrogen-bond acceptors (Lipinski definition) is 24. The van der Waals surface area contributed by atoms with Gasteiger partial charge in [0.15, 0.2) is 43.0 Å². The van der Waals surface area contributed by atoms with Gasteiger partial charge in [-0.15, -0.1) is 0 Å². The van der Waals surface area contributed by atoms with E-state index in [4.69, 9.17) is 72.5 Å². The molecule has 23 atom stereocenters. The van der Waals surface area contributed by atoms with Crippen molar-refractivity contribution < 1.29 is 121 Å². The van der Waals surface area contributed by atoms with E-state index >= 15 is 0 Å². The Labute approximate surface area is 485 Å². The van der Waals surface area contributed by atoms with Gasteiger partial charge in [-0.3, -0.25) is 19.2 Å². The van der Waals surface area contributed by atoms with Crippen molar-refractivity contribution in [2.24, 2.45) is 29.6 Å². The second-order valence-corrected chi connectivity index (χ2v) is 23.0. The first-order chi connectivity index (χ1) is 38.7. The predicted octanol–water partition coefficient (Wildman–Crippen LogP) is 1.88. The summed E-state index contributed by atoms with van der Waals surface area (Å²) in [6.45, 7) is 18.7. The van der Waals surface area contributed by atoms with Gasteiger partial charge in [0.1, 0.15) is 54.6 Å². The number of carbonyl (C=O) groups excluding carboxylic acids is 5. The van der Waals surface area contributed by atoms with Crippen molar-refractivity contribution in [3.63, 3.8) is 0 Å². The number of likely N-dealkylation sites (N-methyl/N-ethyl adjacent to an activating group) is 1. The topological polar surface area (TPSA) is 366 Å². The van der Waals surface area contributed by atoms with Gasteiger partial charge in [0, 0.05) is 58.2 Å². The highest BCUT2D eigenvalue weighted by Crippen LogP contribution is 2.39. The molecule has 4 rings (SSSR count). The van der Waals surface area contributed by atoms with Gasteiger partial charge in [0.05, 0.1) is 43.5 Å². The maximum Gasteiger partial charge on any atom is 0.335 e. The molecule has 0 saturated carbocycles. The molecule has 0 spiro atoms. The Balaban J connectivity index is 0.00000164. The molecule has 0 amide bonds. The van der Waals surface area contributed by atoms with Crippen molar-refractivity contribution in [3.05, 3.63) is 23.8 Å². The molecule has 3 fully saturated rings. The summed E-state index contributed by atoms with van der Waals surface area (Å²) in [6.07, 6.45) is -13.2. The zero-order valence-electron chi connectivity index (χ0n) is 50.5. The molecule has 0 bridgehead atoms. The number of nitrogens with zero attached hydrogens (tertiary/aromatic N) is 1. The fourth-order valence-corrected chi connectivity index (χ4v) is 10.9. The van der Waals surface area contributed by atoms with Crippen LogP contribution in [0.1, 0.15) is 115 Å². The first kappa shape index (κ1) is 72.9. The molecule has 0 aromatic rings. The predicted molar refractivity (Wildman–Crippen MR) is 290 cm³/mol. The molecule has 0 radical (unpaired) electrons. The van der Waals surface area contributed by atoms with Crippen molar-refractivity contribution >= 4 is 41.9 Å². The van der Waals surface area contributed by atoms with Crippen LogP contribution in [0.4, 0.5) is 0 Å². The molecule has 26 nitrogen and oxygen atoms in total. The first-order valence-corrected chi connectivity index (χ1v) is 28.1. The number of aliphatic carboxylic acids is 2. The average molecular weight is 1190 g/mol. The number of aldehydes is 1. The van der Waals surface area contributed by atoms with Crippen LogP contribution in [-0.4, -0.2) is 233 Å². The number of rotatable bonds is 20. The molecule has 4 aliphatic rings. The third-order valence-corrected chi connectivity index (χ3v) is 15.3. The van der Waals surface area contributed by atoms with Gasteiger partial charge in [-0.1, -0.05) is 52.3 Å². The van der Waals surface area contributed by atoms with E-state index in [0.717, 1.165) is 0 Å². The fraction of sp³-hybridized carbons (Fsp3) is 0.807. The summed E-state index contributed by atoms with van der Waals surface area (Å²) in [4.78, 5) is 87.4. The Hall–Kier alpha value is -4.39. The molecule has 23 unspecified atom stereocenters. The van der Waals surface area contributed by atoms with Crippen LogP contribution in [0.2, 0.25) is 0 Å². The SMILES string of the molecule is CCC1OC(=O)CC(OC(C)=O)C(C)C(OC2OC(C)C(OC3CC(C)(O)C(OC(=O)CC(C)C)C(C)O3)C(N(C)C)C2O)C(CC=O)CC(C)C(=O)C=CC(C)=CC1COC1OC(C)C(O)C(OC)C1OC.O=C(O)C(O)C(O)C(=O)O. The Morgan fingerprint density at radius 3 is 1.95 bits per heavy atom. The van der Waals surface area contributed by atoms with Crippen LogP contribution in [0, 0.1) is 29.6 Å². The van der Waals surface area contributed by atoms with Gasteiger partial charge >= 0.3 is 29.8 Å². The molecule has 83 heavy (non-hydrogen) atoms. The van der Waals surface area contributed by atoms with Crippen LogP contribution in [-0.2, 0) is 85.7 Å². The van der Waals surface area contributed by atoms with Crippen molar-refractivity contribution in [1.29, 1.82) is 0 Å². The largest absolute Gasteiger partial charge is 0.479 e. The molecule has 7 N–H and O–H groups in total. The molecule has 476 valence electrons. The molecule has 0 aromatic heterocycles. The summed E-state index contributed by atoms with van der Waals surface area (Å²) in [5, 5.41) is 67.1. The van der Waals surface area contributed by atoms with Crippen molar-refractivity contribution in [2.45, 2.75) is 231 Å². The lowest BCUT2D eigenvalue weighted by molar-refractivity contribution is -0.342. The molecule has 4 heterocycles. The Bertz CT molecular complexity index is 2150. The highest BCUT2D eigenvalue weighted by molar-refractivity contribution is 5.91. The second kappa shape index (κ2) is 33.5. The van der Waals surface area contributed by atoms with Crippen LogP contribution in [0.3, 0.4) is 0 Å². The minimum atomic E-state index is -2.27. The van der Waals surface area contributed by atoms with Gasteiger partial charge in [0.2, 0.25) is 0 Å². The number of carboxylic acid groups (broad SMARTS) is 2. The standard InChI is InChI=1S/C53H87NO19.C4H6O6/c1-16-38-36(26-65-52-49(64-15)48(63-14)44(60)31(7)67-52)22-28(4)17-18-37(57)29(5)23-35(19-20-55)46(30(6)39(69-34(10)56)24-41(59)70-38)73-51-45(61)43(54(12)13)47(32(8)68-51)72-42-25-53(11,62)50(33(9)66-42)71-40(58)21-27(2)3;5-1(3(7)8)2(6)4(9)10/h17-18,20,22,27,29-33,35-36,38-39,42-52,60-62H,16,19,21,23-26H2,1-15H3;1-2,5-6H,(H,7,8)(H,9,10). The maximum atomic E-state index is 14.2. The van der Waals surface area contributed by atoms with Crippen LogP contribution >= 0.6 is 0 Å². The minimum Gasteiger partial charge on any atom is -0.479 e. The number of carbonyl (C=O) groups is 7. The van der Waals surface area contributed by atoms with Crippen molar-refractivity contribution in [1.82, 2.24) is 4.90 Å². The summed E-state index contributed by atoms with van der Waals surface area (Å²) in [5.41, 5.74) is -0.865. The number of methoxy groups -OCH3 is 2. The molecule has 26 heteroatoms. The molecule has 3 saturated heterocycles. The number of allylic oxidation sites excluding steroid dienone is 3. The molecule has 0 aromatic carbocycles. The number of aliphatic hydroxyl groups is 5. The highest BCUT2D eigenvalue weighted by atomic mass is 16.7. The number of ether oxygens (including phenoxy) is 11. The van der Waals surface area contributed by atoms with Crippen LogP contribution in [0.15, 0.2) is 23.8 Å². The van der Waals surface area contributed by atoms with E-state index < -0.39 is 176 Å². The number of aliphatic hydroxyl groups excluding tert-OH is 4. The molecule has 4 aliphatic heterocycles. The third-order valence-electron chi connectivity index (χ3n) is 15.3. The van der Waals surface area contributed by atoms with Gasteiger partial charge in [0.25, 0.3) is 0 Å². The number of cyclic esters (lactones) is 1. The van der Waals surface area contributed by atoms with E-state index in [1.807, 2.05) is 26.8 Å². The van der Waals surface area contributed by atoms with Crippen molar-refractivity contribution in [3.8, 4) is 0 Å². The van der Waals surface area contributed by atoms with Crippen LogP contribution in [0.5, 0.6) is 0 Å². The Morgan fingerprint density at radius 1 is 0.831 bits per heavy atom. The van der Waals surface area contributed by atoms with E-state index in [-0.39, 0.29) is 44.0 Å². The lowest BCUT2D eigenvalue weighted by Gasteiger charge is -2.50. The van der Waals surface area contributed by atoms with E-state index in [1.165, 1.54) is 27.2 Å². The van der Waals surface area contributed by atoms with Gasteiger partial charge < -0.3 is 97.5 Å². The third kappa shape index (κ3) is 20.9. The summed E-state index contributed by atoms with van der Waals surface area (Å²) in [7, 11) is 6.41. The molecule has 0 aliphatic carbocycles. The van der Waals surface area contributed by atoms with Crippen LogP contribution in [0.25, 0.3) is 0 Å². The quantitative estimate of drug-likeness (QED) is 0.0520. The smallest absolute Gasteiger partial charge is 0.335 e. The van der Waals surface area contributed by atoms with E-state index in [2.05, 4.69) is 0 Å². The first-order valence-electron chi connectivity index (χ1n) is 28.1. The van der Waals surface area contributed by atoms with E-state index in [9.17, 15) is 48.9 Å². The Kier molecular flexibility index (Phi) is 29.4. The fourth-order valence-electron chi connectivity index (χ4n) is 10.9. The van der Waals surface area contributed by atoms with E-state index in [0.29, 0.717) is 18.3 Å². The van der Waals surface area contributed by atoms with Crippen LogP contribution < -0.4 is 0 Å². The summed E-state index contributed by atoms with van der Waals surface area (Å²) in [6, 6.07) is -0.809. The highest BCUT2D eigenvalue weighted by Gasteiger charge is 2.53. The number of hydrogen-bond donors (Lipinski definition) is 7. The average Bonchev–Trinajstić information content (AvgIpc) is 3.61. The number of esters is 3. The summed E-state index contributed by atoms with van der Waals surface area (Å²) in [5.74, 6) is -8.41. The zero-order valence-corrected chi connectivity index (χ0v) is 50.5. The Morgan fingerprint density at radius 2 is 1.43 bits per heavy atom. The number of carboxylic acids is 2. The summed E-state index contributed by atoms with van der Waals surface area (Å²) < 4.78 is 67.2.